The van der Waals surface area contributed by atoms with Crippen LogP contribution in [0.4, 0.5) is 0 Å². The van der Waals surface area contributed by atoms with Crippen molar-refractivity contribution >= 4 is 0 Å². The second kappa shape index (κ2) is 3.84. The molecule has 0 amide bonds. The van der Waals surface area contributed by atoms with Crippen molar-refractivity contribution in [1.29, 1.82) is 0 Å². The molecular formula is C11H15NO4. The predicted molar refractivity (Wildman–Crippen MR) is 57.6 cm³/mol. The first-order chi connectivity index (χ1) is 7.49. The molecule has 5 heteroatoms. The molecule has 0 radical (unpaired) electrons. The molecule has 1 heterocycles. The van der Waals surface area contributed by atoms with Gasteiger partial charge in [0.15, 0.2) is 11.5 Å². The molecule has 1 aromatic carbocycles. The van der Waals surface area contributed by atoms with Crippen molar-refractivity contribution in [3.05, 3.63) is 17.7 Å². The van der Waals surface area contributed by atoms with Crippen molar-refractivity contribution in [3.8, 4) is 17.2 Å². The molecule has 88 valence electrons. The number of methoxy groups -OCH3 is 1. The molecule has 1 aromatic rings. The third-order valence-corrected chi connectivity index (χ3v) is 2.28. The first kappa shape index (κ1) is 11.0. The number of ether oxygens (including phenoxy) is 3. The van der Waals surface area contributed by atoms with E-state index >= 15 is 0 Å². The van der Waals surface area contributed by atoms with Crippen molar-refractivity contribution in [2.75, 3.05) is 13.9 Å². The standard InChI is InChI=1S/C11H15NO4/c1-11(12,13)5-7-3-8(14-2)10-9(4-7)15-6-16-10/h3-4,13H,5-6,12H2,1-2H3. The zero-order valence-electron chi connectivity index (χ0n) is 9.32. The van der Waals surface area contributed by atoms with Crippen molar-refractivity contribution in [1.82, 2.24) is 0 Å². The van der Waals surface area contributed by atoms with Crippen LogP contribution in [0.2, 0.25) is 0 Å². The van der Waals surface area contributed by atoms with E-state index in [-0.39, 0.29) is 6.79 Å². The fraction of sp³-hybridized carbons (Fsp3) is 0.455. The topological polar surface area (TPSA) is 73.9 Å². The minimum Gasteiger partial charge on any atom is -0.493 e. The van der Waals surface area contributed by atoms with Gasteiger partial charge in [0, 0.05) is 6.42 Å². The highest BCUT2D eigenvalue weighted by molar-refractivity contribution is 5.55. The molecule has 0 aromatic heterocycles. The van der Waals surface area contributed by atoms with Crippen LogP contribution >= 0.6 is 0 Å². The minimum absolute atomic E-state index is 0.189. The number of fused-ring (bicyclic) bond motifs is 1. The third-order valence-electron chi connectivity index (χ3n) is 2.28. The van der Waals surface area contributed by atoms with Gasteiger partial charge in [0.1, 0.15) is 5.72 Å². The Hall–Kier alpha value is -1.46. The molecule has 2 rings (SSSR count). The molecule has 1 aliphatic rings. The molecule has 3 N–H and O–H groups in total. The van der Waals surface area contributed by atoms with Gasteiger partial charge in [-0.25, -0.2) is 0 Å². The molecule has 0 spiro atoms. The zero-order chi connectivity index (χ0) is 11.8. The summed E-state index contributed by atoms with van der Waals surface area (Å²) in [5.74, 6) is 1.82. The Kier molecular flexibility index (Phi) is 2.65. The van der Waals surface area contributed by atoms with E-state index in [1.807, 2.05) is 0 Å². The van der Waals surface area contributed by atoms with Gasteiger partial charge in [0.25, 0.3) is 0 Å². The molecule has 0 fully saturated rings. The fourth-order valence-corrected chi connectivity index (χ4v) is 1.70. The van der Waals surface area contributed by atoms with Crippen LogP contribution in [0.15, 0.2) is 12.1 Å². The maximum Gasteiger partial charge on any atom is 0.231 e. The van der Waals surface area contributed by atoms with E-state index in [4.69, 9.17) is 19.9 Å². The molecule has 16 heavy (non-hydrogen) atoms. The quantitative estimate of drug-likeness (QED) is 0.738. The van der Waals surface area contributed by atoms with Gasteiger partial charge in [-0.1, -0.05) is 0 Å². The van der Waals surface area contributed by atoms with E-state index in [2.05, 4.69) is 0 Å². The van der Waals surface area contributed by atoms with Gasteiger partial charge in [-0.2, -0.15) is 0 Å². The van der Waals surface area contributed by atoms with Gasteiger partial charge in [-0.3, -0.25) is 0 Å². The van der Waals surface area contributed by atoms with Crippen LogP contribution in [0, 0.1) is 0 Å². The summed E-state index contributed by atoms with van der Waals surface area (Å²) in [6.07, 6.45) is 0.319. The van der Waals surface area contributed by atoms with E-state index in [1.54, 1.807) is 26.2 Å². The van der Waals surface area contributed by atoms with E-state index in [0.717, 1.165) is 5.56 Å². The smallest absolute Gasteiger partial charge is 0.231 e. The molecule has 0 saturated carbocycles. The van der Waals surface area contributed by atoms with Gasteiger partial charge in [0.05, 0.1) is 7.11 Å². The Balaban J connectivity index is 2.35. The maximum atomic E-state index is 9.55. The zero-order valence-corrected chi connectivity index (χ0v) is 9.32. The van der Waals surface area contributed by atoms with Crippen LogP contribution in [0.3, 0.4) is 0 Å². The van der Waals surface area contributed by atoms with Crippen molar-refractivity contribution < 1.29 is 19.3 Å². The number of nitrogens with two attached hydrogens (primary N) is 1. The van der Waals surface area contributed by atoms with Gasteiger partial charge < -0.3 is 25.1 Å². The van der Waals surface area contributed by atoms with E-state index < -0.39 is 5.72 Å². The van der Waals surface area contributed by atoms with E-state index in [9.17, 15) is 5.11 Å². The van der Waals surface area contributed by atoms with Gasteiger partial charge in [-0.05, 0) is 24.6 Å². The summed E-state index contributed by atoms with van der Waals surface area (Å²) in [6, 6.07) is 3.58. The summed E-state index contributed by atoms with van der Waals surface area (Å²) < 4.78 is 15.7. The van der Waals surface area contributed by atoms with Crippen molar-refractivity contribution in [2.45, 2.75) is 19.1 Å². The lowest BCUT2D eigenvalue weighted by Gasteiger charge is -2.17. The first-order valence-corrected chi connectivity index (χ1v) is 4.97. The largest absolute Gasteiger partial charge is 0.493 e. The molecular weight excluding hydrogens is 210 g/mol. The van der Waals surface area contributed by atoms with Crippen LogP contribution in [-0.4, -0.2) is 24.7 Å². The van der Waals surface area contributed by atoms with Crippen LogP contribution in [-0.2, 0) is 6.42 Å². The monoisotopic (exact) mass is 225 g/mol. The normalized spacial score (nSPS) is 17.0. The lowest BCUT2D eigenvalue weighted by Crippen LogP contribution is -2.37. The Morgan fingerprint density at radius 1 is 1.50 bits per heavy atom. The summed E-state index contributed by atoms with van der Waals surface area (Å²) in [7, 11) is 1.56. The second-order valence-electron chi connectivity index (χ2n) is 4.07. The summed E-state index contributed by atoms with van der Waals surface area (Å²) >= 11 is 0. The number of aliphatic hydroxyl groups is 1. The SMILES string of the molecule is COc1cc(CC(C)(N)O)cc2c1OCO2. The van der Waals surface area contributed by atoms with Crippen LogP contribution in [0.1, 0.15) is 12.5 Å². The highest BCUT2D eigenvalue weighted by Gasteiger charge is 2.22. The Morgan fingerprint density at radius 2 is 2.25 bits per heavy atom. The molecule has 0 aliphatic carbocycles. The van der Waals surface area contributed by atoms with Crippen LogP contribution in [0.25, 0.3) is 0 Å². The van der Waals surface area contributed by atoms with Crippen molar-refractivity contribution in [3.63, 3.8) is 0 Å². The highest BCUT2D eigenvalue weighted by Crippen LogP contribution is 2.42. The highest BCUT2D eigenvalue weighted by atomic mass is 16.7. The first-order valence-electron chi connectivity index (χ1n) is 4.97. The summed E-state index contributed by atoms with van der Waals surface area (Å²) in [5, 5.41) is 9.55. The Labute approximate surface area is 93.7 Å². The molecule has 0 bridgehead atoms. The molecule has 0 saturated heterocycles. The van der Waals surface area contributed by atoms with Crippen molar-refractivity contribution in [2.24, 2.45) is 5.73 Å². The summed E-state index contributed by atoms with van der Waals surface area (Å²) in [4.78, 5) is 0. The number of hydrogen-bond donors (Lipinski definition) is 2. The van der Waals surface area contributed by atoms with Gasteiger partial charge in [-0.15, -0.1) is 0 Å². The number of rotatable bonds is 3. The van der Waals surface area contributed by atoms with E-state index in [0.29, 0.717) is 23.7 Å². The lowest BCUT2D eigenvalue weighted by atomic mass is 10.0. The average molecular weight is 225 g/mol. The molecule has 1 atom stereocenters. The predicted octanol–water partition coefficient (Wildman–Crippen LogP) is 0.634. The third kappa shape index (κ3) is 2.20. The maximum absolute atomic E-state index is 9.55. The Bertz CT molecular complexity index is 398. The lowest BCUT2D eigenvalue weighted by molar-refractivity contribution is 0.0676. The average Bonchev–Trinajstić information content (AvgIpc) is 2.61. The number of hydrogen-bond acceptors (Lipinski definition) is 5. The molecule has 5 nitrogen and oxygen atoms in total. The number of benzene rings is 1. The fourth-order valence-electron chi connectivity index (χ4n) is 1.70. The van der Waals surface area contributed by atoms with Crippen LogP contribution in [0.5, 0.6) is 17.2 Å². The Morgan fingerprint density at radius 3 is 2.88 bits per heavy atom. The van der Waals surface area contributed by atoms with E-state index in [1.165, 1.54) is 0 Å². The minimum atomic E-state index is -1.25. The van der Waals surface area contributed by atoms with Gasteiger partial charge >= 0.3 is 0 Å². The van der Waals surface area contributed by atoms with Gasteiger partial charge in [0.2, 0.25) is 12.5 Å². The molecule has 1 aliphatic heterocycles. The summed E-state index contributed by atoms with van der Waals surface area (Å²) in [6.45, 7) is 1.73. The van der Waals surface area contributed by atoms with Crippen LogP contribution < -0.4 is 19.9 Å². The molecule has 1 unspecified atom stereocenters. The summed E-state index contributed by atoms with van der Waals surface area (Å²) in [5.41, 5.74) is 5.14. The second-order valence-corrected chi connectivity index (χ2v) is 4.07.